The first kappa shape index (κ1) is 14.3. The molecule has 0 aliphatic carbocycles. The molecule has 1 aliphatic heterocycles. The normalized spacial score (nSPS) is 22.9. The third-order valence-electron chi connectivity index (χ3n) is 3.21. The minimum atomic E-state index is -2.88. The molecule has 1 saturated heterocycles. The summed E-state index contributed by atoms with van der Waals surface area (Å²) in [6.07, 6.45) is 2.47. The minimum Gasteiger partial charge on any atom is -0.302 e. The molecule has 0 saturated carbocycles. The van der Waals surface area contributed by atoms with Gasteiger partial charge in [-0.2, -0.15) is 11.8 Å². The van der Waals surface area contributed by atoms with Crippen LogP contribution >= 0.6 is 11.8 Å². The number of rotatable bonds is 5. The molecule has 0 aromatic rings. The molecule has 0 radical (unpaired) electrons. The predicted molar refractivity (Wildman–Crippen MR) is 71.9 cm³/mol. The highest BCUT2D eigenvalue weighted by molar-refractivity contribution is 7.99. The monoisotopic (exact) mass is 265 g/mol. The summed E-state index contributed by atoms with van der Waals surface area (Å²) in [5.41, 5.74) is 0. The van der Waals surface area contributed by atoms with E-state index in [9.17, 15) is 8.42 Å². The Labute approximate surface area is 104 Å². The zero-order valence-electron chi connectivity index (χ0n) is 10.5. The molecule has 0 aromatic carbocycles. The van der Waals surface area contributed by atoms with Gasteiger partial charge in [0, 0.05) is 18.3 Å². The molecule has 1 aliphatic rings. The van der Waals surface area contributed by atoms with E-state index >= 15 is 0 Å². The Kier molecular flexibility index (Phi) is 5.61. The summed E-state index contributed by atoms with van der Waals surface area (Å²) >= 11 is 1.98. The van der Waals surface area contributed by atoms with Crippen LogP contribution in [0.4, 0.5) is 0 Å². The Morgan fingerprint density at radius 3 is 2.62 bits per heavy atom. The molecule has 0 bridgehead atoms. The van der Waals surface area contributed by atoms with Gasteiger partial charge in [-0.25, -0.2) is 8.42 Å². The van der Waals surface area contributed by atoms with Gasteiger partial charge in [-0.15, -0.1) is 0 Å². The number of thioether (sulfide) groups is 1. The molecule has 0 amide bonds. The van der Waals surface area contributed by atoms with Gasteiger partial charge in [0.25, 0.3) is 0 Å². The summed E-state index contributed by atoms with van der Waals surface area (Å²) in [5.74, 6) is 2.70. The van der Waals surface area contributed by atoms with Crippen LogP contribution in [-0.4, -0.2) is 55.5 Å². The molecule has 1 rings (SSSR count). The van der Waals surface area contributed by atoms with Crippen LogP contribution in [0.15, 0.2) is 0 Å². The lowest BCUT2D eigenvalue weighted by atomic mass is 10.1. The fourth-order valence-corrected chi connectivity index (χ4v) is 4.01. The van der Waals surface area contributed by atoms with Gasteiger partial charge in [-0.1, -0.05) is 0 Å². The molecule has 0 aromatic heterocycles. The molecule has 1 unspecified atom stereocenters. The predicted octanol–water partition coefficient (Wildman–Crippen LogP) is 1.64. The fourth-order valence-electron chi connectivity index (χ4n) is 1.76. The van der Waals surface area contributed by atoms with E-state index in [1.807, 2.05) is 18.8 Å². The van der Waals surface area contributed by atoms with Gasteiger partial charge in [0.05, 0.1) is 11.0 Å². The fraction of sp³-hybridized carbons (Fsp3) is 1.00. The van der Waals surface area contributed by atoms with Crippen LogP contribution in [0.3, 0.4) is 0 Å². The molecule has 1 heterocycles. The molecule has 16 heavy (non-hydrogen) atoms. The van der Waals surface area contributed by atoms with Crippen molar-refractivity contribution >= 4 is 21.6 Å². The SMILES string of the molecule is CC(C)S(=O)(=O)CCN(C)C1CCCSC1. The highest BCUT2D eigenvalue weighted by atomic mass is 32.2. The van der Waals surface area contributed by atoms with Crippen LogP contribution in [0.2, 0.25) is 0 Å². The number of sulfone groups is 1. The maximum Gasteiger partial charge on any atom is 0.153 e. The second kappa shape index (κ2) is 6.26. The summed E-state index contributed by atoms with van der Waals surface area (Å²) in [6.45, 7) is 4.18. The van der Waals surface area contributed by atoms with Crippen molar-refractivity contribution in [1.82, 2.24) is 4.90 Å². The number of hydrogen-bond donors (Lipinski definition) is 0. The lowest BCUT2D eigenvalue weighted by Gasteiger charge is -2.30. The summed E-state index contributed by atoms with van der Waals surface area (Å²) in [5, 5.41) is -0.248. The molecule has 1 atom stereocenters. The lowest BCUT2D eigenvalue weighted by Crippen LogP contribution is -2.39. The van der Waals surface area contributed by atoms with Crippen LogP contribution in [0.25, 0.3) is 0 Å². The number of nitrogens with zero attached hydrogens (tertiary/aromatic N) is 1. The Morgan fingerprint density at radius 2 is 2.12 bits per heavy atom. The van der Waals surface area contributed by atoms with Gasteiger partial charge in [-0.05, 0) is 39.5 Å². The minimum absolute atomic E-state index is 0.248. The number of hydrogen-bond acceptors (Lipinski definition) is 4. The van der Waals surface area contributed by atoms with Gasteiger partial charge in [0.1, 0.15) is 0 Å². The molecule has 96 valence electrons. The summed E-state index contributed by atoms with van der Waals surface area (Å²) in [7, 11) is -0.832. The van der Waals surface area contributed by atoms with E-state index in [1.54, 1.807) is 13.8 Å². The topological polar surface area (TPSA) is 37.4 Å². The third kappa shape index (κ3) is 4.26. The van der Waals surface area contributed by atoms with Crippen molar-refractivity contribution in [3.05, 3.63) is 0 Å². The highest BCUT2D eigenvalue weighted by Crippen LogP contribution is 2.20. The zero-order valence-corrected chi connectivity index (χ0v) is 12.1. The largest absolute Gasteiger partial charge is 0.302 e. The molecular formula is C11H23NO2S2. The van der Waals surface area contributed by atoms with Gasteiger partial charge in [-0.3, -0.25) is 0 Å². The Balaban J connectivity index is 2.37. The van der Waals surface area contributed by atoms with E-state index in [4.69, 9.17) is 0 Å². The van der Waals surface area contributed by atoms with Gasteiger partial charge in [0.2, 0.25) is 0 Å². The van der Waals surface area contributed by atoms with E-state index in [1.165, 1.54) is 18.6 Å². The standard InChI is InChI=1S/C11H23NO2S2/c1-10(2)16(13,14)8-6-12(3)11-5-4-7-15-9-11/h10-11H,4-9H2,1-3H3. The first-order valence-corrected chi connectivity index (χ1v) is 8.80. The molecular weight excluding hydrogens is 242 g/mol. The van der Waals surface area contributed by atoms with Crippen LogP contribution < -0.4 is 0 Å². The molecule has 0 N–H and O–H groups in total. The maximum absolute atomic E-state index is 11.7. The average Bonchev–Trinajstić information content (AvgIpc) is 2.27. The Hall–Kier alpha value is 0.260. The Morgan fingerprint density at radius 1 is 1.44 bits per heavy atom. The van der Waals surface area contributed by atoms with Gasteiger partial charge >= 0.3 is 0 Å². The summed E-state index contributed by atoms with van der Waals surface area (Å²) < 4.78 is 23.4. The van der Waals surface area contributed by atoms with Crippen LogP contribution in [0, 0.1) is 0 Å². The highest BCUT2D eigenvalue weighted by Gasteiger charge is 2.21. The van der Waals surface area contributed by atoms with Crippen molar-refractivity contribution in [1.29, 1.82) is 0 Å². The quantitative estimate of drug-likeness (QED) is 0.757. The van der Waals surface area contributed by atoms with Crippen molar-refractivity contribution in [2.75, 3.05) is 30.9 Å². The summed E-state index contributed by atoms with van der Waals surface area (Å²) in [4.78, 5) is 2.21. The van der Waals surface area contributed by atoms with Gasteiger partial charge in [0.15, 0.2) is 9.84 Å². The van der Waals surface area contributed by atoms with Crippen molar-refractivity contribution < 1.29 is 8.42 Å². The van der Waals surface area contributed by atoms with Crippen molar-refractivity contribution in [3.8, 4) is 0 Å². The summed E-state index contributed by atoms with van der Waals surface area (Å²) in [6, 6.07) is 0.570. The zero-order chi connectivity index (χ0) is 12.2. The first-order valence-electron chi connectivity index (χ1n) is 5.93. The van der Waals surface area contributed by atoms with Crippen molar-refractivity contribution in [2.45, 2.75) is 38.0 Å². The van der Waals surface area contributed by atoms with Crippen molar-refractivity contribution in [2.24, 2.45) is 0 Å². The molecule has 3 nitrogen and oxygen atoms in total. The smallest absolute Gasteiger partial charge is 0.153 e. The molecule has 1 fully saturated rings. The van der Waals surface area contributed by atoms with E-state index in [2.05, 4.69) is 4.90 Å². The second-order valence-corrected chi connectivity index (χ2v) is 8.59. The van der Waals surface area contributed by atoms with Crippen LogP contribution in [0.5, 0.6) is 0 Å². The Bertz CT molecular complexity index is 295. The van der Waals surface area contributed by atoms with E-state index < -0.39 is 9.84 Å². The lowest BCUT2D eigenvalue weighted by molar-refractivity contribution is 0.259. The van der Waals surface area contributed by atoms with E-state index in [0.717, 1.165) is 5.75 Å². The van der Waals surface area contributed by atoms with Crippen LogP contribution in [-0.2, 0) is 9.84 Å². The average molecular weight is 265 g/mol. The molecule has 0 spiro atoms. The van der Waals surface area contributed by atoms with E-state index in [-0.39, 0.29) is 5.25 Å². The second-order valence-electron chi connectivity index (χ2n) is 4.77. The van der Waals surface area contributed by atoms with E-state index in [0.29, 0.717) is 18.3 Å². The van der Waals surface area contributed by atoms with Crippen LogP contribution in [0.1, 0.15) is 26.7 Å². The molecule has 5 heteroatoms. The van der Waals surface area contributed by atoms with Crippen molar-refractivity contribution in [3.63, 3.8) is 0 Å². The third-order valence-corrected chi connectivity index (χ3v) is 6.59. The first-order chi connectivity index (χ1) is 7.43. The maximum atomic E-state index is 11.7. The van der Waals surface area contributed by atoms with Gasteiger partial charge < -0.3 is 4.90 Å².